The van der Waals surface area contributed by atoms with Gasteiger partial charge in [-0.05, 0) is 18.1 Å². The Bertz CT molecular complexity index is 695. The third kappa shape index (κ3) is 2.78. The van der Waals surface area contributed by atoms with E-state index in [0.717, 1.165) is 13.1 Å². The van der Waals surface area contributed by atoms with Gasteiger partial charge in [0.2, 0.25) is 5.91 Å². The van der Waals surface area contributed by atoms with Crippen LogP contribution >= 0.6 is 0 Å². The third-order valence-corrected chi connectivity index (χ3v) is 4.75. The molecule has 3 rings (SSSR count). The van der Waals surface area contributed by atoms with Crippen molar-refractivity contribution in [3.05, 3.63) is 34.2 Å². The van der Waals surface area contributed by atoms with Crippen LogP contribution in [-0.2, 0) is 11.8 Å². The molecule has 0 aliphatic carbocycles. The van der Waals surface area contributed by atoms with E-state index in [9.17, 15) is 14.4 Å². The number of amides is 2. The molecule has 2 aliphatic heterocycles. The molecule has 2 saturated heterocycles. The van der Waals surface area contributed by atoms with Crippen LogP contribution in [0.3, 0.4) is 0 Å². The molecular weight excluding hydrogens is 294 g/mol. The van der Waals surface area contributed by atoms with Gasteiger partial charge < -0.3 is 14.4 Å². The number of hydrogen-bond acceptors (Lipinski definition) is 3. The molecular formula is C17H23N3O3. The van der Waals surface area contributed by atoms with Gasteiger partial charge in [0.1, 0.15) is 5.56 Å². The average Bonchev–Trinajstić information content (AvgIpc) is 3.02. The van der Waals surface area contributed by atoms with E-state index in [2.05, 4.69) is 13.8 Å². The summed E-state index contributed by atoms with van der Waals surface area (Å²) in [5, 5.41) is 0. The highest BCUT2D eigenvalue weighted by Crippen LogP contribution is 2.33. The van der Waals surface area contributed by atoms with E-state index >= 15 is 0 Å². The summed E-state index contributed by atoms with van der Waals surface area (Å²) < 4.78 is 1.40. The van der Waals surface area contributed by atoms with Gasteiger partial charge in [0.15, 0.2) is 0 Å². The summed E-state index contributed by atoms with van der Waals surface area (Å²) in [6.45, 7) is 6.68. The van der Waals surface area contributed by atoms with Crippen molar-refractivity contribution in [2.75, 3.05) is 26.2 Å². The number of aryl methyl sites for hydroxylation is 1. The van der Waals surface area contributed by atoms with Crippen molar-refractivity contribution in [1.29, 1.82) is 0 Å². The van der Waals surface area contributed by atoms with Crippen LogP contribution in [0, 0.1) is 17.8 Å². The lowest BCUT2D eigenvalue weighted by Crippen LogP contribution is -2.39. The summed E-state index contributed by atoms with van der Waals surface area (Å²) in [6.07, 6.45) is 1.63. The number of rotatable bonds is 3. The second-order valence-corrected chi connectivity index (χ2v) is 7.05. The normalized spacial score (nSPS) is 23.7. The second-order valence-electron chi connectivity index (χ2n) is 7.05. The minimum Gasteiger partial charge on any atom is -0.342 e. The van der Waals surface area contributed by atoms with Crippen molar-refractivity contribution in [3.8, 4) is 0 Å². The van der Waals surface area contributed by atoms with E-state index < -0.39 is 0 Å². The predicted molar refractivity (Wildman–Crippen MR) is 86.0 cm³/mol. The molecule has 0 aromatic carbocycles. The Morgan fingerprint density at radius 3 is 2.65 bits per heavy atom. The largest absolute Gasteiger partial charge is 0.342 e. The number of carbonyl (C=O) groups excluding carboxylic acids is 2. The number of carbonyl (C=O) groups is 2. The van der Waals surface area contributed by atoms with Gasteiger partial charge in [0.25, 0.3) is 11.5 Å². The maximum absolute atomic E-state index is 12.6. The molecule has 0 bridgehead atoms. The third-order valence-electron chi connectivity index (χ3n) is 4.75. The van der Waals surface area contributed by atoms with Crippen LogP contribution in [-0.4, -0.2) is 52.4 Å². The van der Waals surface area contributed by atoms with Gasteiger partial charge in [-0.15, -0.1) is 0 Å². The molecule has 0 unspecified atom stereocenters. The fraction of sp³-hybridized carbons (Fsp3) is 0.588. The highest BCUT2D eigenvalue weighted by molar-refractivity contribution is 5.95. The average molecular weight is 317 g/mol. The van der Waals surface area contributed by atoms with Gasteiger partial charge in [-0.1, -0.05) is 13.8 Å². The second kappa shape index (κ2) is 5.83. The number of likely N-dealkylation sites (tertiary alicyclic amines) is 2. The van der Waals surface area contributed by atoms with Crippen LogP contribution in [0.25, 0.3) is 0 Å². The molecule has 0 N–H and O–H groups in total. The minimum atomic E-state index is -0.290. The van der Waals surface area contributed by atoms with Crippen molar-refractivity contribution < 1.29 is 9.59 Å². The molecule has 0 spiro atoms. The van der Waals surface area contributed by atoms with E-state index in [-0.39, 0.29) is 34.8 Å². The zero-order valence-electron chi connectivity index (χ0n) is 13.9. The molecule has 2 aliphatic rings. The molecule has 2 amide bonds. The Kier molecular flexibility index (Phi) is 4.00. The van der Waals surface area contributed by atoms with Crippen molar-refractivity contribution in [3.63, 3.8) is 0 Å². The molecule has 0 radical (unpaired) electrons. The molecule has 2 fully saturated rings. The zero-order chi connectivity index (χ0) is 16.7. The highest BCUT2D eigenvalue weighted by Gasteiger charge is 2.47. The van der Waals surface area contributed by atoms with Crippen LogP contribution in [0.5, 0.6) is 0 Å². The molecule has 1 aromatic heterocycles. The fourth-order valence-electron chi connectivity index (χ4n) is 3.65. The molecule has 124 valence electrons. The van der Waals surface area contributed by atoms with Crippen molar-refractivity contribution in [2.24, 2.45) is 24.8 Å². The van der Waals surface area contributed by atoms with Crippen LogP contribution < -0.4 is 5.56 Å². The molecule has 1 aromatic rings. The first-order valence-corrected chi connectivity index (χ1v) is 8.12. The Balaban J connectivity index is 1.73. The maximum Gasteiger partial charge on any atom is 0.263 e. The van der Waals surface area contributed by atoms with Gasteiger partial charge in [-0.25, -0.2) is 0 Å². The Morgan fingerprint density at radius 2 is 2.00 bits per heavy atom. The van der Waals surface area contributed by atoms with Crippen LogP contribution in [0.15, 0.2) is 23.1 Å². The molecule has 2 atom stereocenters. The minimum absolute atomic E-state index is 0.106. The Labute approximate surface area is 135 Å². The zero-order valence-corrected chi connectivity index (χ0v) is 13.9. The topological polar surface area (TPSA) is 62.6 Å². The van der Waals surface area contributed by atoms with E-state index in [1.165, 1.54) is 4.57 Å². The number of hydrogen-bond donors (Lipinski definition) is 0. The number of aromatic nitrogens is 1. The lowest BCUT2D eigenvalue weighted by molar-refractivity contribution is -0.131. The SMILES string of the molecule is CC(C)CN1C[C@@H]2CN(C(=O)c3cccn(C)c3=O)C[C@@H]2C1=O. The predicted octanol–water partition coefficient (Wildman–Crippen LogP) is 0.572. The lowest BCUT2D eigenvalue weighted by Gasteiger charge is -2.23. The molecule has 3 heterocycles. The summed E-state index contributed by atoms with van der Waals surface area (Å²) in [5.74, 6) is 0.426. The number of pyridine rings is 1. The smallest absolute Gasteiger partial charge is 0.263 e. The van der Waals surface area contributed by atoms with E-state index in [4.69, 9.17) is 0 Å². The van der Waals surface area contributed by atoms with Crippen molar-refractivity contribution in [2.45, 2.75) is 13.8 Å². The van der Waals surface area contributed by atoms with Gasteiger partial charge in [-0.2, -0.15) is 0 Å². The molecule has 23 heavy (non-hydrogen) atoms. The van der Waals surface area contributed by atoms with Gasteiger partial charge in [0.05, 0.1) is 5.92 Å². The van der Waals surface area contributed by atoms with E-state index in [1.807, 2.05) is 4.90 Å². The summed E-state index contributed by atoms with van der Waals surface area (Å²) >= 11 is 0. The Hall–Kier alpha value is -2.11. The first-order chi connectivity index (χ1) is 10.9. The number of fused-ring (bicyclic) bond motifs is 1. The van der Waals surface area contributed by atoms with Gasteiger partial charge in [0, 0.05) is 45.3 Å². The highest BCUT2D eigenvalue weighted by atomic mass is 16.2. The van der Waals surface area contributed by atoms with Gasteiger partial charge >= 0.3 is 0 Å². The first kappa shape index (κ1) is 15.8. The first-order valence-electron chi connectivity index (χ1n) is 8.12. The van der Waals surface area contributed by atoms with Crippen LogP contribution in [0.4, 0.5) is 0 Å². The quantitative estimate of drug-likeness (QED) is 0.819. The van der Waals surface area contributed by atoms with Crippen LogP contribution in [0.1, 0.15) is 24.2 Å². The van der Waals surface area contributed by atoms with Crippen molar-refractivity contribution in [1.82, 2.24) is 14.4 Å². The molecule has 6 nitrogen and oxygen atoms in total. The van der Waals surface area contributed by atoms with Crippen LogP contribution in [0.2, 0.25) is 0 Å². The molecule has 6 heteroatoms. The molecule has 0 saturated carbocycles. The Morgan fingerprint density at radius 1 is 1.26 bits per heavy atom. The standard InChI is InChI=1S/C17H23N3O3/c1-11(2)7-19-8-12-9-20(10-14(12)17(19)23)16(22)13-5-4-6-18(3)15(13)21/h4-6,11-12,14H,7-10H2,1-3H3/t12-,14+/m1/s1. The monoisotopic (exact) mass is 317 g/mol. The summed E-state index contributed by atoms with van der Waals surface area (Å²) in [5.41, 5.74) is -0.108. The maximum atomic E-state index is 12.6. The number of nitrogens with zero attached hydrogens (tertiary/aromatic N) is 3. The summed E-state index contributed by atoms with van der Waals surface area (Å²) in [6, 6.07) is 3.26. The lowest BCUT2D eigenvalue weighted by atomic mass is 10.0. The fourth-order valence-corrected chi connectivity index (χ4v) is 3.65. The summed E-state index contributed by atoms with van der Waals surface area (Å²) in [4.78, 5) is 40.7. The van der Waals surface area contributed by atoms with Gasteiger partial charge in [-0.3, -0.25) is 14.4 Å². The van der Waals surface area contributed by atoms with Crippen molar-refractivity contribution >= 4 is 11.8 Å². The van der Waals surface area contributed by atoms with E-state index in [0.29, 0.717) is 19.0 Å². The van der Waals surface area contributed by atoms with E-state index in [1.54, 1.807) is 30.3 Å². The summed E-state index contributed by atoms with van der Waals surface area (Å²) in [7, 11) is 1.63.